The second kappa shape index (κ2) is 5.70. The molecule has 2 aromatic rings. The zero-order chi connectivity index (χ0) is 15.0. The van der Waals surface area contributed by atoms with Crippen LogP contribution >= 0.6 is 11.6 Å². The summed E-state index contributed by atoms with van der Waals surface area (Å²) >= 11 is 6.00. The van der Waals surface area contributed by atoms with Crippen molar-refractivity contribution >= 4 is 28.5 Å². The van der Waals surface area contributed by atoms with Gasteiger partial charge in [-0.1, -0.05) is 11.6 Å². The third-order valence-electron chi connectivity index (χ3n) is 4.20. The van der Waals surface area contributed by atoms with E-state index in [9.17, 15) is 4.79 Å². The minimum absolute atomic E-state index is 0.0692. The van der Waals surface area contributed by atoms with Crippen LogP contribution in [0.15, 0.2) is 22.6 Å². The number of likely N-dealkylation sites (tertiary alicyclic amines) is 1. The topological polar surface area (TPSA) is 53.7 Å². The van der Waals surface area contributed by atoms with Gasteiger partial charge < -0.3 is 14.4 Å². The molecule has 112 valence electrons. The molecular weight excluding hydrogens is 290 g/mol. The molecule has 1 unspecified atom stereocenters. The Balaban J connectivity index is 1.87. The van der Waals surface area contributed by atoms with Crippen LogP contribution in [0, 0.1) is 12.8 Å². The summed E-state index contributed by atoms with van der Waals surface area (Å²) in [5, 5.41) is 10.5. The van der Waals surface area contributed by atoms with Gasteiger partial charge in [-0.25, -0.2) is 0 Å². The third kappa shape index (κ3) is 2.65. The van der Waals surface area contributed by atoms with E-state index in [1.807, 2.05) is 17.9 Å². The Morgan fingerprint density at radius 2 is 2.33 bits per heavy atom. The lowest BCUT2D eigenvalue weighted by Crippen LogP contribution is -2.29. The van der Waals surface area contributed by atoms with Crippen LogP contribution in [-0.2, 0) is 0 Å². The molecule has 2 heterocycles. The van der Waals surface area contributed by atoms with Gasteiger partial charge in [-0.2, -0.15) is 0 Å². The van der Waals surface area contributed by atoms with Crippen molar-refractivity contribution in [2.75, 3.05) is 19.7 Å². The molecule has 0 spiro atoms. The van der Waals surface area contributed by atoms with Crippen molar-refractivity contribution in [2.24, 2.45) is 5.92 Å². The number of furan rings is 1. The van der Waals surface area contributed by atoms with Gasteiger partial charge in [-0.3, -0.25) is 4.79 Å². The predicted molar refractivity (Wildman–Crippen MR) is 81.7 cm³/mol. The lowest BCUT2D eigenvalue weighted by atomic mass is 10.1. The number of benzene rings is 1. The normalized spacial score (nSPS) is 18.6. The molecule has 3 rings (SSSR count). The molecule has 0 radical (unpaired) electrons. The predicted octanol–water partition coefficient (Wildman–Crippen LogP) is 3.24. The smallest absolute Gasteiger partial charge is 0.289 e. The fraction of sp³-hybridized carbons (Fsp3) is 0.438. The molecule has 1 aromatic carbocycles. The number of amides is 1. The molecule has 21 heavy (non-hydrogen) atoms. The average Bonchev–Trinajstić information content (AvgIpc) is 3.05. The number of hydrogen-bond donors (Lipinski definition) is 1. The molecule has 1 aliphatic heterocycles. The Bertz CT molecular complexity index is 679. The van der Waals surface area contributed by atoms with Gasteiger partial charge in [0.15, 0.2) is 5.76 Å². The first-order valence-electron chi connectivity index (χ1n) is 7.19. The van der Waals surface area contributed by atoms with Gasteiger partial charge in [0.05, 0.1) is 0 Å². The maximum Gasteiger partial charge on any atom is 0.289 e. The molecule has 1 atom stereocenters. The van der Waals surface area contributed by atoms with E-state index in [1.165, 1.54) is 0 Å². The van der Waals surface area contributed by atoms with Crippen molar-refractivity contribution in [1.82, 2.24) is 4.90 Å². The largest absolute Gasteiger partial charge is 0.451 e. The molecular formula is C16H18ClNO3. The number of aliphatic hydroxyl groups excluding tert-OH is 1. The number of nitrogens with zero attached hydrogens (tertiary/aromatic N) is 1. The van der Waals surface area contributed by atoms with Crippen LogP contribution in [0.2, 0.25) is 5.02 Å². The monoisotopic (exact) mass is 307 g/mol. The van der Waals surface area contributed by atoms with Gasteiger partial charge in [-0.15, -0.1) is 0 Å². The summed E-state index contributed by atoms with van der Waals surface area (Å²) in [7, 11) is 0. The summed E-state index contributed by atoms with van der Waals surface area (Å²) < 4.78 is 5.72. The van der Waals surface area contributed by atoms with Crippen molar-refractivity contribution in [2.45, 2.75) is 19.8 Å². The number of fused-ring (bicyclic) bond motifs is 1. The summed E-state index contributed by atoms with van der Waals surface area (Å²) in [5.41, 5.74) is 1.52. The van der Waals surface area contributed by atoms with E-state index in [-0.39, 0.29) is 12.5 Å². The first-order valence-corrected chi connectivity index (χ1v) is 7.56. The van der Waals surface area contributed by atoms with Crippen LogP contribution < -0.4 is 0 Å². The highest BCUT2D eigenvalue weighted by atomic mass is 35.5. The Labute approximate surface area is 128 Å². The first-order chi connectivity index (χ1) is 10.1. The van der Waals surface area contributed by atoms with Crippen LogP contribution in [0.4, 0.5) is 0 Å². The highest BCUT2D eigenvalue weighted by molar-refractivity contribution is 6.31. The quantitative estimate of drug-likeness (QED) is 0.947. The van der Waals surface area contributed by atoms with E-state index < -0.39 is 0 Å². The Hall–Kier alpha value is -1.52. The summed E-state index contributed by atoms with van der Waals surface area (Å²) in [6.07, 6.45) is 1.69. The van der Waals surface area contributed by atoms with E-state index >= 15 is 0 Å². The van der Waals surface area contributed by atoms with Crippen LogP contribution in [0.25, 0.3) is 11.0 Å². The Morgan fingerprint density at radius 3 is 3.10 bits per heavy atom. The number of aryl methyl sites for hydroxylation is 1. The molecule has 1 aliphatic rings. The van der Waals surface area contributed by atoms with Gasteiger partial charge in [0.25, 0.3) is 5.91 Å². The van der Waals surface area contributed by atoms with Gasteiger partial charge >= 0.3 is 0 Å². The second-order valence-corrected chi connectivity index (χ2v) is 6.05. The number of hydrogen-bond acceptors (Lipinski definition) is 3. The standard InChI is InChI=1S/C16H18ClNO3/c1-10-13-8-12(17)2-3-14(13)21-15(10)16(20)18-6-4-11(9-18)5-7-19/h2-3,8,11,19H,4-7,9H2,1H3. The molecule has 0 saturated carbocycles. The van der Waals surface area contributed by atoms with Gasteiger partial charge in [0.1, 0.15) is 5.58 Å². The van der Waals surface area contributed by atoms with Crippen LogP contribution in [0.1, 0.15) is 29.0 Å². The van der Waals surface area contributed by atoms with Crippen molar-refractivity contribution in [3.8, 4) is 0 Å². The fourth-order valence-electron chi connectivity index (χ4n) is 2.98. The van der Waals surface area contributed by atoms with Crippen molar-refractivity contribution in [1.29, 1.82) is 0 Å². The highest BCUT2D eigenvalue weighted by Crippen LogP contribution is 2.30. The van der Waals surface area contributed by atoms with E-state index in [1.54, 1.807) is 12.1 Å². The maximum absolute atomic E-state index is 12.6. The maximum atomic E-state index is 12.6. The zero-order valence-electron chi connectivity index (χ0n) is 11.9. The van der Waals surface area contributed by atoms with Crippen LogP contribution in [-0.4, -0.2) is 35.6 Å². The number of carbonyl (C=O) groups is 1. The number of rotatable bonds is 3. The molecule has 5 heteroatoms. The Kier molecular flexibility index (Phi) is 3.91. The number of halogens is 1. The molecule has 0 aliphatic carbocycles. The summed E-state index contributed by atoms with van der Waals surface area (Å²) in [4.78, 5) is 14.4. The van der Waals surface area contributed by atoms with E-state index in [0.717, 1.165) is 30.3 Å². The summed E-state index contributed by atoms with van der Waals surface area (Å²) in [6.45, 7) is 3.48. The molecule has 1 amide bonds. The fourth-order valence-corrected chi connectivity index (χ4v) is 3.15. The van der Waals surface area contributed by atoms with Crippen molar-refractivity contribution in [3.63, 3.8) is 0 Å². The highest BCUT2D eigenvalue weighted by Gasteiger charge is 2.29. The van der Waals surface area contributed by atoms with Gasteiger partial charge in [0, 0.05) is 35.7 Å². The van der Waals surface area contributed by atoms with E-state index in [0.29, 0.717) is 28.8 Å². The third-order valence-corrected chi connectivity index (χ3v) is 4.44. The Morgan fingerprint density at radius 1 is 1.52 bits per heavy atom. The molecule has 0 bridgehead atoms. The SMILES string of the molecule is Cc1c(C(=O)N2CCC(CCO)C2)oc2ccc(Cl)cc12. The second-order valence-electron chi connectivity index (χ2n) is 5.61. The lowest BCUT2D eigenvalue weighted by Gasteiger charge is -2.15. The zero-order valence-corrected chi connectivity index (χ0v) is 12.7. The molecule has 4 nitrogen and oxygen atoms in total. The molecule has 1 aromatic heterocycles. The van der Waals surface area contributed by atoms with E-state index in [4.69, 9.17) is 21.1 Å². The van der Waals surface area contributed by atoms with E-state index in [2.05, 4.69) is 0 Å². The summed E-state index contributed by atoms with van der Waals surface area (Å²) in [6, 6.07) is 5.37. The van der Waals surface area contributed by atoms with Gasteiger partial charge in [-0.05, 0) is 43.9 Å². The minimum atomic E-state index is -0.0692. The summed E-state index contributed by atoms with van der Waals surface area (Å²) in [5.74, 6) is 0.718. The lowest BCUT2D eigenvalue weighted by molar-refractivity contribution is 0.0754. The van der Waals surface area contributed by atoms with Gasteiger partial charge in [0.2, 0.25) is 0 Å². The molecule has 1 N–H and O–H groups in total. The number of aliphatic hydroxyl groups is 1. The van der Waals surface area contributed by atoms with Crippen LogP contribution in [0.3, 0.4) is 0 Å². The number of carbonyl (C=O) groups excluding carboxylic acids is 1. The van der Waals surface area contributed by atoms with Crippen molar-refractivity contribution in [3.05, 3.63) is 34.5 Å². The average molecular weight is 308 g/mol. The van der Waals surface area contributed by atoms with Crippen molar-refractivity contribution < 1.29 is 14.3 Å². The first kappa shape index (κ1) is 14.4. The minimum Gasteiger partial charge on any atom is -0.451 e. The van der Waals surface area contributed by atoms with Crippen LogP contribution in [0.5, 0.6) is 0 Å². The molecule has 1 saturated heterocycles. The molecule has 1 fully saturated rings.